The van der Waals surface area contributed by atoms with Gasteiger partial charge < -0.3 is 14.8 Å². The average molecular weight is 506 g/mol. The third-order valence-electron chi connectivity index (χ3n) is 4.39. The first-order chi connectivity index (χ1) is 16.1. The molecule has 3 aromatic rings. The van der Waals surface area contributed by atoms with Crippen molar-refractivity contribution in [3.8, 4) is 11.5 Å². The topological polar surface area (TPSA) is 154 Å². The predicted molar refractivity (Wildman–Crippen MR) is 127 cm³/mol. The molecule has 0 bridgehead atoms. The molecule has 34 heavy (non-hydrogen) atoms. The van der Waals surface area contributed by atoms with E-state index in [1.165, 1.54) is 48.5 Å². The number of benzene rings is 3. The van der Waals surface area contributed by atoms with E-state index in [1.807, 2.05) is 6.92 Å². The Bertz CT molecular complexity index is 1340. The molecule has 0 saturated heterocycles. The molecule has 10 nitrogen and oxygen atoms in total. The Morgan fingerprint density at radius 1 is 0.765 bits per heavy atom. The maximum atomic E-state index is 12.6. The molecule has 0 spiro atoms. The molecule has 1 amide bonds. The van der Waals surface area contributed by atoms with E-state index in [2.05, 4.69) is 10.0 Å². The number of primary sulfonamides is 1. The Morgan fingerprint density at radius 3 is 1.82 bits per heavy atom. The fourth-order valence-corrected chi connectivity index (χ4v) is 4.36. The highest BCUT2D eigenvalue weighted by Crippen LogP contribution is 2.21. The fourth-order valence-electron chi connectivity index (χ4n) is 2.79. The molecule has 180 valence electrons. The average Bonchev–Trinajstić information content (AvgIpc) is 2.79. The van der Waals surface area contributed by atoms with Gasteiger partial charge in [0, 0.05) is 11.4 Å². The number of carbonyl (C=O) groups is 1. The van der Waals surface area contributed by atoms with Crippen molar-refractivity contribution in [2.75, 3.05) is 23.3 Å². The minimum Gasteiger partial charge on any atom is -0.494 e. The number of carbonyl (C=O) groups excluding carboxylic acids is 1. The normalized spacial score (nSPS) is 11.5. The van der Waals surface area contributed by atoms with Crippen LogP contribution in [0.5, 0.6) is 11.5 Å². The van der Waals surface area contributed by atoms with Gasteiger partial charge in [0.1, 0.15) is 11.5 Å². The van der Waals surface area contributed by atoms with Gasteiger partial charge in [-0.15, -0.1) is 0 Å². The van der Waals surface area contributed by atoms with Gasteiger partial charge >= 0.3 is 0 Å². The molecule has 0 aromatic heterocycles. The fraction of sp³-hybridized carbons (Fsp3) is 0.136. The van der Waals surface area contributed by atoms with Crippen LogP contribution in [-0.4, -0.2) is 36.0 Å². The second kappa shape index (κ2) is 10.5. The Hall–Kier alpha value is -3.61. The molecule has 3 rings (SSSR count). The summed E-state index contributed by atoms with van der Waals surface area (Å²) in [5.41, 5.74) is 0.750. The number of nitrogens with one attached hydrogen (secondary N) is 2. The zero-order chi connectivity index (χ0) is 24.8. The van der Waals surface area contributed by atoms with Gasteiger partial charge in [0.15, 0.2) is 6.61 Å². The van der Waals surface area contributed by atoms with Crippen LogP contribution < -0.4 is 24.7 Å². The first-order valence-electron chi connectivity index (χ1n) is 9.98. The first kappa shape index (κ1) is 25.0. The number of hydrogen-bond acceptors (Lipinski definition) is 7. The van der Waals surface area contributed by atoms with Crippen molar-refractivity contribution in [1.82, 2.24) is 0 Å². The van der Waals surface area contributed by atoms with Gasteiger partial charge in [0.2, 0.25) is 10.0 Å². The number of nitrogens with two attached hydrogens (primary N) is 1. The molecule has 0 fully saturated rings. The summed E-state index contributed by atoms with van der Waals surface area (Å²) in [6.45, 7) is 2.02. The van der Waals surface area contributed by atoms with E-state index in [0.717, 1.165) is 0 Å². The number of hydrogen-bond donors (Lipinski definition) is 3. The van der Waals surface area contributed by atoms with Crippen molar-refractivity contribution in [3.05, 3.63) is 72.8 Å². The molecule has 0 aliphatic heterocycles. The minimum absolute atomic E-state index is 0.0214. The number of ether oxygens (including phenoxy) is 2. The number of sulfonamides is 2. The van der Waals surface area contributed by atoms with Crippen molar-refractivity contribution < 1.29 is 31.1 Å². The Kier molecular flexibility index (Phi) is 7.76. The van der Waals surface area contributed by atoms with E-state index >= 15 is 0 Å². The van der Waals surface area contributed by atoms with Crippen LogP contribution in [-0.2, 0) is 24.8 Å². The van der Waals surface area contributed by atoms with Crippen LogP contribution in [0.25, 0.3) is 0 Å². The molecular weight excluding hydrogens is 482 g/mol. The van der Waals surface area contributed by atoms with Gasteiger partial charge in [-0.3, -0.25) is 9.52 Å². The SMILES string of the molecule is CCOc1ccc(NS(=O)(=O)c2ccc(OCC(=O)Nc3ccc(S(N)(=O)=O)cc3)cc2)cc1. The van der Waals surface area contributed by atoms with E-state index < -0.39 is 26.0 Å². The maximum Gasteiger partial charge on any atom is 0.262 e. The van der Waals surface area contributed by atoms with Crippen molar-refractivity contribution in [3.63, 3.8) is 0 Å². The van der Waals surface area contributed by atoms with Gasteiger partial charge in [-0.1, -0.05) is 0 Å². The monoisotopic (exact) mass is 505 g/mol. The highest BCUT2D eigenvalue weighted by Gasteiger charge is 2.15. The van der Waals surface area contributed by atoms with E-state index in [9.17, 15) is 21.6 Å². The molecule has 0 heterocycles. The summed E-state index contributed by atoms with van der Waals surface area (Å²) in [5.74, 6) is 0.438. The summed E-state index contributed by atoms with van der Waals surface area (Å²) < 4.78 is 60.9. The highest BCUT2D eigenvalue weighted by molar-refractivity contribution is 7.92. The number of amides is 1. The summed E-state index contributed by atoms with van der Waals surface area (Å²) in [6, 6.07) is 17.4. The molecular formula is C22H23N3O7S2. The van der Waals surface area contributed by atoms with E-state index in [0.29, 0.717) is 29.5 Å². The number of anilines is 2. The second-order valence-corrected chi connectivity index (χ2v) is 10.2. The van der Waals surface area contributed by atoms with Crippen molar-refractivity contribution in [1.29, 1.82) is 0 Å². The Balaban J connectivity index is 1.55. The lowest BCUT2D eigenvalue weighted by Crippen LogP contribution is -2.20. The van der Waals surface area contributed by atoms with Gasteiger partial charge in [-0.05, 0) is 79.7 Å². The molecule has 3 aromatic carbocycles. The first-order valence-corrected chi connectivity index (χ1v) is 13.0. The van der Waals surface area contributed by atoms with Crippen LogP contribution in [0.3, 0.4) is 0 Å². The van der Waals surface area contributed by atoms with Crippen LogP contribution >= 0.6 is 0 Å². The Morgan fingerprint density at radius 2 is 1.26 bits per heavy atom. The van der Waals surface area contributed by atoms with E-state index in [-0.39, 0.29) is 16.4 Å². The van der Waals surface area contributed by atoms with Gasteiger partial charge in [0.25, 0.3) is 15.9 Å². The number of rotatable bonds is 10. The largest absolute Gasteiger partial charge is 0.494 e. The Labute approximate surface area is 197 Å². The molecule has 0 saturated carbocycles. The predicted octanol–water partition coefficient (Wildman–Crippen LogP) is 2.55. The summed E-state index contributed by atoms with van der Waals surface area (Å²) in [4.78, 5) is 12.0. The van der Waals surface area contributed by atoms with Crippen LogP contribution in [0.15, 0.2) is 82.6 Å². The zero-order valence-electron chi connectivity index (χ0n) is 18.1. The van der Waals surface area contributed by atoms with E-state index in [4.69, 9.17) is 14.6 Å². The van der Waals surface area contributed by atoms with Crippen molar-refractivity contribution in [2.45, 2.75) is 16.7 Å². The quantitative estimate of drug-likeness (QED) is 0.383. The van der Waals surface area contributed by atoms with Crippen molar-refractivity contribution in [2.24, 2.45) is 5.14 Å². The summed E-state index contributed by atoms with van der Waals surface area (Å²) >= 11 is 0. The third-order valence-corrected chi connectivity index (χ3v) is 6.71. The lowest BCUT2D eigenvalue weighted by molar-refractivity contribution is -0.118. The van der Waals surface area contributed by atoms with Gasteiger partial charge in [0.05, 0.1) is 16.4 Å². The standard InChI is InChI=1S/C22H23N3O7S2/c1-2-31-18-7-3-17(4-8-18)25-34(29,30)21-13-9-19(10-14-21)32-15-22(26)24-16-5-11-20(12-6-16)33(23,27)28/h3-14,25H,2,15H2,1H3,(H,24,26)(H2,23,27,28). The van der Waals surface area contributed by atoms with Crippen LogP contribution in [0.1, 0.15) is 6.92 Å². The third kappa shape index (κ3) is 6.94. The van der Waals surface area contributed by atoms with E-state index in [1.54, 1.807) is 24.3 Å². The second-order valence-electron chi connectivity index (χ2n) is 6.94. The maximum absolute atomic E-state index is 12.6. The summed E-state index contributed by atoms with van der Waals surface area (Å²) in [7, 11) is -7.64. The lowest BCUT2D eigenvalue weighted by atomic mass is 10.3. The minimum atomic E-state index is -3.82. The van der Waals surface area contributed by atoms with Crippen LogP contribution in [0, 0.1) is 0 Å². The molecule has 0 atom stereocenters. The molecule has 0 unspecified atom stereocenters. The molecule has 0 aliphatic rings. The molecule has 4 N–H and O–H groups in total. The lowest BCUT2D eigenvalue weighted by Gasteiger charge is -2.11. The van der Waals surface area contributed by atoms with Crippen LogP contribution in [0.4, 0.5) is 11.4 Å². The van der Waals surface area contributed by atoms with Crippen molar-refractivity contribution >= 4 is 37.3 Å². The zero-order valence-corrected chi connectivity index (χ0v) is 19.7. The molecule has 12 heteroatoms. The summed E-state index contributed by atoms with van der Waals surface area (Å²) in [6.07, 6.45) is 0. The van der Waals surface area contributed by atoms with Gasteiger partial charge in [-0.2, -0.15) is 0 Å². The van der Waals surface area contributed by atoms with Gasteiger partial charge in [-0.25, -0.2) is 22.0 Å². The molecule has 0 aliphatic carbocycles. The summed E-state index contributed by atoms with van der Waals surface area (Å²) in [5, 5.41) is 7.58. The van der Waals surface area contributed by atoms with Crippen LogP contribution in [0.2, 0.25) is 0 Å². The molecule has 0 radical (unpaired) electrons. The highest BCUT2D eigenvalue weighted by atomic mass is 32.2. The smallest absolute Gasteiger partial charge is 0.262 e.